The van der Waals surface area contributed by atoms with Gasteiger partial charge >= 0.3 is 0 Å². The second-order valence-electron chi connectivity index (χ2n) is 4.17. The molecule has 0 aliphatic rings. The molecule has 1 aromatic heterocycles. The number of ketones is 1. The predicted molar refractivity (Wildman–Crippen MR) is 77.7 cm³/mol. The number of carbonyl (C=O) groups is 1. The molecule has 2 nitrogen and oxygen atoms in total. The molecule has 3 aromatic rings. The van der Waals surface area contributed by atoms with E-state index in [9.17, 15) is 4.79 Å². The third kappa shape index (κ3) is 2.56. The lowest BCUT2D eigenvalue weighted by molar-refractivity contribution is 0.102. The molecule has 0 saturated carbocycles. The summed E-state index contributed by atoms with van der Waals surface area (Å²) in [4.78, 5) is 13.3. The first kappa shape index (κ1) is 12.1. The maximum Gasteiger partial charge on any atom is 0.176 e. The van der Waals surface area contributed by atoms with Crippen molar-refractivity contribution in [1.82, 2.24) is 0 Å². The van der Waals surface area contributed by atoms with Gasteiger partial charge in [0.05, 0.1) is 11.3 Å². The van der Waals surface area contributed by atoms with Gasteiger partial charge in [-0.05, 0) is 18.2 Å². The van der Waals surface area contributed by atoms with Crippen LogP contribution in [0, 0.1) is 0 Å². The summed E-state index contributed by atoms with van der Waals surface area (Å²) in [7, 11) is 0. The highest BCUT2D eigenvalue weighted by molar-refractivity contribution is 8.00. The van der Waals surface area contributed by atoms with Gasteiger partial charge in [0.15, 0.2) is 5.78 Å². The number of carbonyl (C=O) groups excluding carboxylic acids is 1. The van der Waals surface area contributed by atoms with E-state index in [1.807, 2.05) is 54.6 Å². The molecular weight excluding hydrogens is 256 g/mol. The van der Waals surface area contributed by atoms with Crippen molar-refractivity contribution in [3.05, 3.63) is 66.4 Å². The van der Waals surface area contributed by atoms with Crippen LogP contribution in [0.1, 0.15) is 10.4 Å². The fraction of sp³-hybridized carbons (Fsp3) is 0.0625. The van der Waals surface area contributed by atoms with Crippen molar-refractivity contribution in [2.24, 2.45) is 0 Å². The third-order valence-corrected chi connectivity index (χ3v) is 3.91. The van der Waals surface area contributed by atoms with Gasteiger partial charge in [-0.1, -0.05) is 36.4 Å². The molecule has 0 spiro atoms. The molecule has 0 radical (unpaired) electrons. The number of furan rings is 1. The number of fused-ring (bicyclic) bond motifs is 1. The van der Waals surface area contributed by atoms with Crippen LogP contribution in [0.5, 0.6) is 0 Å². The number of hydrogen-bond acceptors (Lipinski definition) is 3. The molecule has 3 heteroatoms. The molecule has 0 atom stereocenters. The molecule has 0 fully saturated rings. The van der Waals surface area contributed by atoms with Crippen LogP contribution in [0.3, 0.4) is 0 Å². The van der Waals surface area contributed by atoms with Crippen molar-refractivity contribution in [3.63, 3.8) is 0 Å². The van der Waals surface area contributed by atoms with E-state index in [0.717, 1.165) is 15.9 Å². The third-order valence-electron chi connectivity index (χ3n) is 2.89. The van der Waals surface area contributed by atoms with E-state index in [-0.39, 0.29) is 5.78 Å². The Morgan fingerprint density at radius 1 is 1.00 bits per heavy atom. The fourth-order valence-electron chi connectivity index (χ4n) is 1.94. The smallest absolute Gasteiger partial charge is 0.176 e. The molecule has 0 aliphatic carbocycles. The van der Waals surface area contributed by atoms with Crippen LogP contribution >= 0.6 is 11.8 Å². The SMILES string of the molecule is O=C(CSc1ccccc1)c1coc2ccccc12. The van der Waals surface area contributed by atoms with Crippen LogP contribution in [0.2, 0.25) is 0 Å². The first-order valence-corrected chi connectivity index (χ1v) is 7.00. The monoisotopic (exact) mass is 268 g/mol. The molecule has 2 aromatic carbocycles. The minimum atomic E-state index is 0.0961. The van der Waals surface area contributed by atoms with E-state index in [0.29, 0.717) is 11.3 Å². The van der Waals surface area contributed by atoms with Crippen molar-refractivity contribution in [3.8, 4) is 0 Å². The maximum absolute atomic E-state index is 12.2. The molecule has 0 N–H and O–H groups in total. The van der Waals surface area contributed by atoms with Gasteiger partial charge < -0.3 is 4.42 Å². The maximum atomic E-state index is 12.2. The van der Waals surface area contributed by atoms with Gasteiger partial charge in [-0.15, -0.1) is 11.8 Å². The second kappa shape index (κ2) is 5.33. The van der Waals surface area contributed by atoms with Crippen LogP contribution in [-0.4, -0.2) is 11.5 Å². The summed E-state index contributed by atoms with van der Waals surface area (Å²) >= 11 is 1.54. The molecule has 0 unspecified atom stereocenters. The van der Waals surface area contributed by atoms with E-state index in [2.05, 4.69) is 0 Å². The van der Waals surface area contributed by atoms with E-state index in [1.165, 1.54) is 0 Å². The number of para-hydroxylation sites is 1. The van der Waals surface area contributed by atoms with Gasteiger partial charge in [0.2, 0.25) is 0 Å². The zero-order valence-electron chi connectivity index (χ0n) is 10.2. The van der Waals surface area contributed by atoms with Crippen molar-refractivity contribution in [2.75, 3.05) is 5.75 Å². The lowest BCUT2D eigenvalue weighted by atomic mass is 10.1. The number of benzene rings is 2. The average molecular weight is 268 g/mol. The topological polar surface area (TPSA) is 30.2 Å². The summed E-state index contributed by atoms with van der Waals surface area (Å²) in [5, 5.41) is 0.890. The Morgan fingerprint density at radius 3 is 2.58 bits per heavy atom. The Kier molecular flexibility index (Phi) is 3.38. The minimum Gasteiger partial charge on any atom is -0.464 e. The van der Waals surface area contributed by atoms with Crippen molar-refractivity contribution >= 4 is 28.5 Å². The zero-order valence-corrected chi connectivity index (χ0v) is 11.0. The van der Waals surface area contributed by atoms with E-state index < -0.39 is 0 Å². The normalized spacial score (nSPS) is 10.7. The van der Waals surface area contributed by atoms with Gasteiger partial charge in [0.1, 0.15) is 11.8 Å². The lowest BCUT2D eigenvalue weighted by Gasteiger charge is -1.99. The molecule has 0 bridgehead atoms. The summed E-state index contributed by atoms with van der Waals surface area (Å²) in [5.41, 5.74) is 1.43. The minimum absolute atomic E-state index is 0.0961. The number of Topliss-reactive ketones (excluding diaryl/α,β-unsaturated/α-hetero) is 1. The summed E-state index contributed by atoms with van der Waals surface area (Å²) in [6, 6.07) is 17.5. The highest BCUT2D eigenvalue weighted by Crippen LogP contribution is 2.24. The average Bonchev–Trinajstić information content (AvgIpc) is 2.90. The van der Waals surface area contributed by atoms with E-state index in [1.54, 1.807) is 18.0 Å². The Labute approximate surface area is 115 Å². The van der Waals surface area contributed by atoms with Crippen LogP contribution in [-0.2, 0) is 0 Å². The Morgan fingerprint density at radius 2 is 1.74 bits per heavy atom. The van der Waals surface area contributed by atoms with Crippen molar-refractivity contribution in [2.45, 2.75) is 4.90 Å². The first-order chi connectivity index (χ1) is 9.34. The molecule has 0 saturated heterocycles. The number of thioether (sulfide) groups is 1. The first-order valence-electron chi connectivity index (χ1n) is 6.02. The largest absolute Gasteiger partial charge is 0.464 e. The molecule has 3 rings (SSSR count). The van der Waals surface area contributed by atoms with Crippen molar-refractivity contribution < 1.29 is 9.21 Å². The fourth-order valence-corrected chi connectivity index (χ4v) is 2.74. The summed E-state index contributed by atoms with van der Waals surface area (Å²) in [5.74, 6) is 0.520. The van der Waals surface area contributed by atoms with Crippen LogP contribution in [0.4, 0.5) is 0 Å². The van der Waals surface area contributed by atoms with Crippen LogP contribution < -0.4 is 0 Å². The molecule has 0 aliphatic heterocycles. The molecule has 0 amide bonds. The lowest BCUT2D eigenvalue weighted by Crippen LogP contribution is -2.00. The summed E-state index contributed by atoms with van der Waals surface area (Å²) in [6.07, 6.45) is 1.55. The van der Waals surface area contributed by atoms with Gasteiger partial charge in [0.25, 0.3) is 0 Å². The summed E-state index contributed by atoms with van der Waals surface area (Å²) < 4.78 is 5.39. The van der Waals surface area contributed by atoms with Gasteiger partial charge in [-0.2, -0.15) is 0 Å². The standard InChI is InChI=1S/C16H12O2S/c17-15(11-19-12-6-2-1-3-7-12)14-10-18-16-9-5-4-8-13(14)16/h1-10H,11H2. The molecule has 19 heavy (non-hydrogen) atoms. The zero-order chi connectivity index (χ0) is 13.1. The molecule has 1 heterocycles. The molecule has 94 valence electrons. The van der Waals surface area contributed by atoms with Crippen LogP contribution in [0.15, 0.2) is 70.2 Å². The Bertz CT molecular complexity index is 701. The van der Waals surface area contributed by atoms with E-state index >= 15 is 0 Å². The highest BCUT2D eigenvalue weighted by Gasteiger charge is 2.13. The Hall–Kier alpha value is -2.00. The second-order valence-corrected chi connectivity index (χ2v) is 5.22. The van der Waals surface area contributed by atoms with Gasteiger partial charge in [0, 0.05) is 10.3 Å². The van der Waals surface area contributed by atoms with Gasteiger partial charge in [-0.3, -0.25) is 4.79 Å². The number of rotatable bonds is 4. The molecular formula is C16H12O2S. The number of hydrogen-bond donors (Lipinski definition) is 0. The van der Waals surface area contributed by atoms with Crippen LogP contribution in [0.25, 0.3) is 11.0 Å². The summed E-state index contributed by atoms with van der Waals surface area (Å²) in [6.45, 7) is 0. The van der Waals surface area contributed by atoms with Gasteiger partial charge in [-0.25, -0.2) is 0 Å². The van der Waals surface area contributed by atoms with Crippen molar-refractivity contribution in [1.29, 1.82) is 0 Å². The van der Waals surface area contributed by atoms with E-state index in [4.69, 9.17) is 4.42 Å². The Balaban J connectivity index is 1.77. The quantitative estimate of drug-likeness (QED) is 0.518. The predicted octanol–water partition coefficient (Wildman–Crippen LogP) is 4.41. The highest BCUT2D eigenvalue weighted by atomic mass is 32.2.